The summed E-state index contributed by atoms with van der Waals surface area (Å²) in [6, 6.07) is 3.18. The Labute approximate surface area is 82.8 Å². The first-order valence-electron chi connectivity index (χ1n) is 3.47. The third-order valence-electron chi connectivity index (χ3n) is 1.75. The lowest BCUT2D eigenvalue weighted by Gasteiger charge is -2.10. The Morgan fingerprint density at radius 3 is 1.50 bits per heavy atom. The highest BCUT2D eigenvalue weighted by Gasteiger charge is 2.17. The molecule has 0 aromatic heterocycles. The molecule has 0 saturated carbocycles. The van der Waals surface area contributed by atoms with E-state index in [2.05, 4.69) is 0 Å². The number of nitriles is 2. The number of aromatic hydroxyl groups is 2. The predicted molar refractivity (Wildman–Crippen MR) is 50.0 cm³/mol. The smallest absolute Gasteiger partial charge is 0.129 e. The fourth-order valence-corrected chi connectivity index (χ4v) is 0.988. The molecular weight excluding hydrogens is 178 g/mol. The Morgan fingerprint density at radius 1 is 0.857 bits per heavy atom. The number of hydrogen-bond acceptors (Lipinski definition) is 4. The van der Waals surface area contributed by atoms with Crippen LogP contribution in [0.1, 0.15) is 11.1 Å². The number of hydrogen-bond donors (Lipinski definition) is 2. The second-order valence-electron chi connectivity index (χ2n) is 2.50. The maximum atomic E-state index is 9.28. The lowest BCUT2D eigenvalue weighted by Crippen LogP contribution is -2.20. The van der Waals surface area contributed by atoms with Crippen molar-refractivity contribution >= 4 is 26.6 Å². The zero-order valence-corrected chi connectivity index (χ0v) is 6.94. The molecule has 0 atom stereocenters. The van der Waals surface area contributed by atoms with Crippen LogP contribution in [0.5, 0.6) is 11.5 Å². The van der Waals surface area contributed by atoms with E-state index < -0.39 is 17.0 Å². The van der Waals surface area contributed by atoms with Gasteiger partial charge in [-0.05, 0) is 5.46 Å². The molecular formula is C8H2B2N2O2. The average molecular weight is 180 g/mol. The molecule has 0 spiro atoms. The topological polar surface area (TPSA) is 88.0 Å². The van der Waals surface area contributed by atoms with Crippen LogP contribution in [0.25, 0.3) is 0 Å². The van der Waals surface area contributed by atoms with Crippen LogP contribution in [0, 0.1) is 22.7 Å². The average Bonchev–Trinajstić information content (AvgIpc) is 2.16. The summed E-state index contributed by atoms with van der Waals surface area (Å²) in [6.07, 6.45) is 0. The largest absolute Gasteiger partial charge is 0.507 e. The molecule has 0 fully saturated rings. The Bertz CT molecular complexity index is 445. The van der Waals surface area contributed by atoms with Crippen molar-refractivity contribution in [2.75, 3.05) is 0 Å². The van der Waals surface area contributed by atoms with Gasteiger partial charge in [-0.15, -0.1) is 0 Å². The molecule has 0 amide bonds. The summed E-state index contributed by atoms with van der Waals surface area (Å²) in [7, 11) is 10.6. The summed E-state index contributed by atoms with van der Waals surface area (Å²) in [6.45, 7) is 0. The third-order valence-corrected chi connectivity index (χ3v) is 1.75. The first kappa shape index (κ1) is 10.0. The van der Waals surface area contributed by atoms with Gasteiger partial charge in [0.25, 0.3) is 0 Å². The SMILES string of the molecule is [B]c1c(O)c(C#N)c([B])c(C#N)c1O. The van der Waals surface area contributed by atoms with Crippen molar-refractivity contribution in [1.82, 2.24) is 0 Å². The monoisotopic (exact) mass is 180 g/mol. The van der Waals surface area contributed by atoms with E-state index in [1.54, 1.807) is 12.1 Å². The number of benzene rings is 1. The Morgan fingerprint density at radius 2 is 1.21 bits per heavy atom. The molecule has 14 heavy (non-hydrogen) atoms. The number of nitrogens with zero attached hydrogens (tertiary/aromatic N) is 2. The summed E-state index contributed by atoms with van der Waals surface area (Å²) >= 11 is 0. The fourth-order valence-electron chi connectivity index (χ4n) is 0.988. The molecule has 62 valence electrons. The van der Waals surface area contributed by atoms with E-state index in [9.17, 15) is 10.2 Å². The second kappa shape index (κ2) is 3.35. The zero-order valence-electron chi connectivity index (χ0n) is 6.94. The van der Waals surface area contributed by atoms with Crippen molar-refractivity contribution in [2.24, 2.45) is 0 Å². The highest BCUT2D eigenvalue weighted by molar-refractivity contribution is 6.41. The van der Waals surface area contributed by atoms with Gasteiger partial charge in [0, 0.05) is 0 Å². The van der Waals surface area contributed by atoms with Gasteiger partial charge in [-0.2, -0.15) is 10.5 Å². The van der Waals surface area contributed by atoms with Gasteiger partial charge < -0.3 is 10.2 Å². The minimum Gasteiger partial charge on any atom is -0.507 e. The summed E-state index contributed by atoms with van der Waals surface area (Å²) in [5.41, 5.74) is -1.32. The maximum absolute atomic E-state index is 9.28. The van der Waals surface area contributed by atoms with E-state index in [4.69, 9.17) is 26.2 Å². The first-order chi connectivity index (χ1) is 6.54. The second-order valence-corrected chi connectivity index (χ2v) is 2.50. The molecule has 0 aliphatic carbocycles. The highest BCUT2D eigenvalue weighted by atomic mass is 16.3. The molecule has 6 heteroatoms. The molecule has 2 N–H and O–H groups in total. The van der Waals surface area contributed by atoms with Crippen molar-refractivity contribution in [2.45, 2.75) is 0 Å². The zero-order chi connectivity index (χ0) is 10.9. The van der Waals surface area contributed by atoms with E-state index >= 15 is 0 Å². The van der Waals surface area contributed by atoms with E-state index in [0.29, 0.717) is 0 Å². The van der Waals surface area contributed by atoms with Crippen LogP contribution in [0.3, 0.4) is 0 Å². The molecule has 0 aliphatic heterocycles. The Hall–Kier alpha value is -2.07. The number of phenolic OH excluding ortho intramolecular Hbond substituents is 2. The summed E-state index contributed by atoms with van der Waals surface area (Å²) in [5, 5.41) is 35.8. The van der Waals surface area contributed by atoms with E-state index in [-0.39, 0.29) is 16.6 Å². The molecule has 4 nitrogen and oxygen atoms in total. The molecule has 0 unspecified atom stereocenters. The van der Waals surface area contributed by atoms with Gasteiger partial charge in [-0.25, -0.2) is 0 Å². The van der Waals surface area contributed by atoms with Crippen molar-refractivity contribution in [1.29, 1.82) is 10.5 Å². The first-order valence-corrected chi connectivity index (χ1v) is 3.47. The van der Waals surface area contributed by atoms with E-state index in [0.717, 1.165) is 0 Å². The van der Waals surface area contributed by atoms with Crippen LogP contribution in [0.15, 0.2) is 0 Å². The minimum atomic E-state index is -0.610. The van der Waals surface area contributed by atoms with Crippen LogP contribution in [0.2, 0.25) is 0 Å². The van der Waals surface area contributed by atoms with Crippen molar-refractivity contribution in [3.05, 3.63) is 11.1 Å². The van der Waals surface area contributed by atoms with Crippen molar-refractivity contribution < 1.29 is 10.2 Å². The maximum Gasteiger partial charge on any atom is 0.129 e. The van der Waals surface area contributed by atoms with E-state index in [1.807, 2.05) is 0 Å². The molecule has 0 heterocycles. The number of rotatable bonds is 0. The minimum absolute atomic E-state index is 0.279. The van der Waals surface area contributed by atoms with Crippen molar-refractivity contribution in [3.63, 3.8) is 0 Å². The van der Waals surface area contributed by atoms with Crippen molar-refractivity contribution in [3.8, 4) is 23.6 Å². The van der Waals surface area contributed by atoms with Crippen LogP contribution in [0.4, 0.5) is 0 Å². The van der Waals surface area contributed by atoms with Crippen LogP contribution >= 0.6 is 0 Å². The molecule has 0 aliphatic rings. The van der Waals surface area contributed by atoms with Gasteiger partial charge in [-0.3, -0.25) is 0 Å². The fraction of sp³-hybridized carbons (Fsp3) is 0. The highest BCUT2D eigenvalue weighted by Crippen LogP contribution is 2.20. The normalized spacial score (nSPS) is 9.00. The molecule has 1 aromatic carbocycles. The molecule has 4 radical (unpaired) electrons. The van der Waals surface area contributed by atoms with Gasteiger partial charge in [0.2, 0.25) is 0 Å². The van der Waals surface area contributed by atoms with Gasteiger partial charge in [0.1, 0.15) is 39.3 Å². The molecule has 0 bridgehead atoms. The van der Waals surface area contributed by atoms with Gasteiger partial charge in [0.15, 0.2) is 0 Å². The molecule has 1 rings (SSSR count). The van der Waals surface area contributed by atoms with Gasteiger partial charge >= 0.3 is 0 Å². The summed E-state index contributed by atoms with van der Waals surface area (Å²) in [4.78, 5) is 0. The van der Waals surface area contributed by atoms with E-state index in [1.165, 1.54) is 0 Å². The van der Waals surface area contributed by atoms with Crippen LogP contribution < -0.4 is 10.9 Å². The lowest BCUT2D eigenvalue weighted by atomic mass is 9.79. The Kier molecular flexibility index (Phi) is 2.40. The summed E-state index contributed by atoms with van der Waals surface area (Å²) < 4.78 is 0. The van der Waals surface area contributed by atoms with Crippen LogP contribution in [-0.2, 0) is 0 Å². The van der Waals surface area contributed by atoms with Crippen LogP contribution in [-0.4, -0.2) is 25.9 Å². The van der Waals surface area contributed by atoms with Gasteiger partial charge in [-0.1, -0.05) is 5.46 Å². The predicted octanol–water partition coefficient (Wildman–Crippen LogP) is -1.57. The lowest BCUT2D eigenvalue weighted by molar-refractivity contribution is 0.457. The molecule has 0 saturated heterocycles. The standard InChI is InChI=1S/C8H2B2N2O2/c9-5-3(1-11)7(13)6(10)8(14)4(5)2-12/h13-14H. The quantitative estimate of drug-likeness (QED) is 0.471. The molecule has 1 aromatic rings. The summed E-state index contributed by atoms with van der Waals surface area (Å²) in [5.74, 6) is -1.22. The van der Waals surface area contributed by atoms with Gasteiger partial charge in [0.05, 0.1) is 11.1 Å². The third kappa shape index (κ3) is 1.18. The Balaban J connectivity index is 3.78. The number of phenols is 2.